The molecule has 0 aliphatic heterocycles. The molecule has 480 valence electrons. The number of aryl methyl sites for hydroxylation is 4. The van der Waals surface area contributed by atoms with Crippen LogP contribution in [0.4, 0.5) is 68.2 Å². The minimum Gasteiger partial charge on any atom is -0.297 e. The van der Waals surface area contributed by atoms with Gasteiger partial charge in [0, 0.05) is 0 Å². The van der Waals surface area contributed by atoms with Crippen LogP contribution in [-0.4, -0.2) is 29.3 Å². The van der Waals surface area contributed by atoms with Crippen LogP contribution in [0.2, 0.25) is 0 Å². The molecule has 0 saturated heterocycles. The highest BCUT2D eigenvalue weighted by Crippen LogP contribution is 2.29. The quantitative estimate of drug-likeness (QED) is 0.0560. The number of azo groups is 6. The predicted molar refractivity (Wildman–Crippen MR) is 369 cm³/mol. The van der Waals surface area contributed by atoms with E-state index in [0.29, 0.717) is 46.2 Å². The molecule has 0 saturated carbocycles. The molecule has 9 aromatic rings. The SMILES string of the molecule is CCCCc1[nH]n(C(C)(C)C)c(=O)c1N=Nc1ccc(N=Nc2ccccc2)cc1.CCCCc1ccc(N=Nc2ccc(N=Nc3c(CCCC)[nH]n(C(C)(C)C)c3=O)cc2)cc1.CCc1[nH]n(C(C)(C)C)c(=O)c1N=Nc1ccc(N=Nc2ccccc2)cc1. The van der Waals surface area contributed by atoms with Crippen LogP contribution in [0.1, 0.15) is 151 Å². The van der Waals surface area contributed by atoms with Gasteiger partial charge in [-0.15, -0.1) is 15.3 Å². The van der Waals surface area contributed by atoms with Crippen molar-refractivity contribution in [2.75, 3.05) is 0 Å². The van der Waals surface area contributed by atoms with E-state index in [0.717, 1.165) is 90.5 Å². The highest BCUT2D eigenvalue weighted by molar-refractivity contribution is 5.52. The second-order valence-corrected chi connectivity index (χ2v) is 25.0. The largest absolute Gasteiger partial charge is 0.297 e. The number of unbranched alkanes of at least 4 members (excludes halogenated alkanes) is 3. The van der Waals surface area contributed by atoms with E-state index in [1.807, 2.05) is 203 Å². The van der Waals surface area contributed by atoms with Crippen molar-refractivity contribution in [2.45, 2.75) is 171 Å². The van der Waals surface area contributed by atoms with E-state index < -0.39 is 0 Å². The van der Waals surface area contributed by atoms with Gasteiger partial charge in [-0.2, -0.15) is 46.0 Å². The lowest BCUT2D eigenvalue weighted by atomic mass is 10.1. The van der Waals surface area contributed by atoms with E-state index in [1.165, 1.54) is 18.4 Å². The van der Waals surface area contributed by atoms with E-state index in [4.69, 9.17) is 0 Å². The fraction of sp³-hybridized carbons (Fsp3) is 0.366. The van der Waals surface area contributed by atoms with Crippen LogP contribution in [-0.2, 0) is 42.3 Å². The van der Waals surface area contributed by atoms with E-state index in [1.54, 1.807) is 26.2 Å². The summed E-state index contributed by atoms with van der Waals surface area (Å²) >= 11 is 0. The molecule has 21 nitrogen and oxygen atoms in total. The molecule has 0 atom stereocenters. The number of nitrogens with one attached hydrogen (secondary N) is 3. The van der Waals surface area contributed by atoms with E-state index in [9.17, 15) is 14.4 Å². The van der Waals surface area contributed by atoms with Crippen molar-refractivity contribution >= 4 is 68.2 Å². The summed E-state index contributed by atoms with van der Waals surface area (Å²) in [6, 6.07) is 49.1. The first-order valence-electron chi connectivity index (χ1n) is 31.6. The molecular weight excluding hydrogens is 1150 g/mol. The van der Waals surface area contributed by atoms with E-state index in [-0.39, 0.29) is 33.3 Å². The third-order valence-corrected chi connectivity index (χ3v) is 14.2. The summed E-state index contributed by atoms with van der Waals surface area (Å²) in [5.41, 5.74) is 9.90. The molecule has 21 heteroatoms. The van der Waals surface area contributed by atoms with Crippen molar-refractivity contribution < 1.29 is 0 Å². The Bertz CT molecular complexity index is 4120. The second-order valence-electron chi connectivity index (χ2n) is 25.0. The fourth-order valence-corrected chi connectivity index (χ4v) is 8.98. The molecule has 0 fully saturated rings. The first-order chi connectivity index (χ1) is 44.1. The molecule has 0 spiro atoms. The Morgan fingerprint density at radius 2 is 0.522 bits per heavy atom. The molecule has 3 N–H and O–H groups in total. The third-order valence-electron chi connectivity index (χ3n) is 14.2. The number of rotatable bonds is 22. The van der Waals surface area contributed by atoms with Gasteiger partial charge >= 0.3 is 0 Å². The molecule has 0 amide bonds. The van der Waals surface area contributed by atoms with Crippen LogP contribution in [0.3, 0.4) is 0 Å². The van der Waals surface area contributed by atoms with Gasteiger partial charge in [0.2, 0.25) is 0 Å². The van der Waals surface area contributed by atoms with Gasteiger partial charge < -0.3 is 0 Å². The minimum atomic E-state index is -0.353. The molecule has 0 radical (unpaired) electrons. The van der Waals surface area contributed by atoms with Crippen LogP contribution in [0.25, 0.3) is 0 Å². The number of hydrogen-bond acceptors (Lipinski definition) is 15. The number of aromatic amines is 3. The van der Waals surface area contributed by atoms with Gasteiger partial charge in [-0.3, -0.25) is 29.7 Å². The molecule has 0 aliphatic rings. The zero-order valence-corrected chi connectivity index (χ0v) is 55.5. The summed E-state index contributed by atoms with van der Waals surface area (Å²) in [7, 11) is 0. The van der Waals surface area contributed by atoms with Crippen molar-refractivity contribution in [3.63, 3.8) is 0 Å². The predicted octanol–water partition coefficient (Wildman–Crippen LogP) is 21.9. The third kappa shape index (κ3) is 20.5. The molecular formula is C71H88N18O3. The van der Waals surface area contributed by atoms with Crippen LogP contribution in [0.15, 0.2) is 233 Å². The van der Waals surface area contributed by atoms with Gasteiger partial charge in [-0.25, -0.2) is 14.0 Å². The van der Waals surface area contributed by atoms with Crippen LogP contribution < -0.4 is 16.7 Å². The molecule has 3 aromatic heterocycles. The molecule has 3 heterocycles. The van der Waals surface area contributed by atoms with Gasteiger partial charge in [0.05, 0.1) is 84.9 Å². The van der Waals surface area contributed by atoms with Crippen molar-refractivity contribution in [1.29, 1.82) is 0 Å². The maximum atomic E-state index is 12.9. The maximum Gasteiger partial charge on any atom is 0.295 e. The Balaban J connectivity index is 0.000000197. The monoisotopic (exact) mass is 1240 g/mol. The van der Waals surface area contributed by atoms with Gasteiger partial charge in [0.25, 0.3) is 16.7 Å². The van der Waals surface area contributed by atoms with Crippen LogP contribution in [0.5, 0.6) is 0 Å². The Labute approximate surface area is 538 Å². The average Bonchev–Trinajstić information content (AvgIpc) is 1.68. The molecule has 0 aliphatic carbocycles. The van der Waals surface area contributed by atoms with Gasteiger partial charge in [-0.05, 0) is 222 Å². The molecule has 92 heavy (non-hydrogen) atoms. The molecule has 6 aromatic carbocycles. The summed E-state index contributed by atoms with van der Waals surface area (Å²) in [6.07, 6.45) is 9.73. The molecule has 0 unspecified atom stereocenters. The Kier molecular flexibility index (Phi) is 25.0. The highest BCUT2D eigenvalue weighted by atomic mass is 16.1. The summed E-state index contributed by atoms with van der Waals surface area (Å²) in [6.45, 7) is 26.2. The molecule has 0 bridgehead atoms. The average molecular weight is 1240 g/mol. The van der Waals surface area contributed by atoms with Crippen molar-refractivity contribution in [3.05, 3.63) is 211 Å². The fourth-order valence-electron chi connectivity index (χ4n) is 8.98. The van der Waals surface area contributed by atoms with Crippen LogP contribution >= 0.6 is 0 Å². The normalized spacial score (nSPS) is 12.3. The zero-order valence-electron chi connectivity index (χ0n) is 55.5. The zero-order chi connectivity index (χ0) is 66.3. The smallest absolute Gasteiger partial charge is 0.295 e. The Morgan fingerprint density at radius 3 is 0.783 bits per heavy atom. The number of H-pyrrole nitrogens is 3. The van der Waals surface area contributed by atoms with Gasteiger partial charge in [-0.1, -0.05) is 95.5 Å². The standard InChI is InChI=1S/C27H36N6O.C23H28N6O.C21H24N6O/c1-6-8-10-20-12-14-21(15-13-20)28-29-22-16-18-23(19-17-22)30-31-25-24(11-9-7-2)32-33(26(25)34)27(3,4)5;1-5-6-12-20-21(22(30)29(28-20)23(2,3)4)27-26-19-15-13-18(14-16-19)25-24-17-10-8-7-9-11-17;1-5-18-19(20(28)27(26-18)21(2,3)4)25-24-17-13-11-16(12-14-17)23-22-15-9-7-6-8-10-15/h12-19,32H,6-11H2,1-5H3;7-11,13-16,28H,5-6,12H2,1-4H3;6-14,26H,5H2,1-4H3. The lowest BCUT2D eigenvalue weighted by Crippen LogP contribution is -2.32. The number of nitrogens with zero attached hydrogens (tertiary/aromatic N) is 15. The first kappa shape index (κ1) is 69.4. The van der Waals surface area contributed by atoms with Crippen molar-refractivity contribution in [1.82, 2.24) is 29.3 Å². The molecule has 9 rings (SSSR count). The second kappa shape index (κ2) is 33.1. The summed E-state index contributed by atoms with van der Waals surface area (Å²) in [5.74, 6) is 0. The van der Waals surface area contributed by atoms with Gasteiger partial charge in [0.1, 0.15) is 0 Å². The Morgan fingerprint density at radius 1 is 0.293 bits per heavy atom. The van der Waals surface area contributed by atoms with Gasteiger partial charge in [0.15, 0.2) is 17.1 Å². The van der Waals surface area contributed by atoms with Crippen molar-refractivity contribution in [3.8, 4) is 0 Å². The highest BCUT2D eigenvalue weighted by Gasteiger charge is 2.25. The maximum absolute atomic E-state index is 12.9. The topological polar surface area (TPSA) is 262 Å². The summed E-state index contributed by atoms with van der Waals surface area (Å²) < 4.78 is 4.85. The lowest BCUT2D eigenvalue weighted by molar-refractivity contribution is 0.343. The summed E-state index contributed by atoms with van der Waals surface area (Å²) in [5, 5.41) is 60.7. The lowest BCUT2D eigenvalue weighted by Gasteiger charge is -2.19. The van der Waals surface area contributed by atoms with E-state index in [2.05, 4.69) is 110 Å². The number of hydrogen-bond donors (Lipinski definition) is 3. The number of benzene rings is 6. The van der Waals surface area contributed by atoms with Crippen LogP contribution in [0, 0.1) is 0 Å². The minimum absolute atomic E-state index is 0.145. The Hall–Kier alpha value is -10.1. The summed E-state index contributed by atoms with van der Waals surface area (Å²) in [4.78, 5) is 38.4. The van der Waals surface area contributed by atoms with Crippen molar-refractivity contribution in [2.24, 2.45) is 61.4 Å². The first-order valence-corrected chi connectivity index (χ1v) is 31.6. The van der Waals surface area contributed by atoms with E-state index >= 15 is 0 Å². The number of aromatic nitrogens is 6.